The lowest BCUT2D eigenvalue weighted by atomic mass is 10.0. The fourth-order valence-corrected chi connectivity index (χ4v) is 2.91. The Morgan fingerprint density at radius 3 is 2.85 bits per heavy atom. The van der Waals surface area contributed by atoms with Crippen LogP contribution in [0.1, 0.15) is 32.3 Å². The number of aromatic nitrogens is 1. The fourth-order valence-electron chi connectivity index (χ4n) is 2.91. The van der Waals surface area contributed by atoms with Crippen LogP contribution in [0.3, 0.4) is 0 Å². The highest BCUT2D eigenvalue weighted by Crippen LogP contribution is 2.36. The van der Waals surface area contributed by atoms with Crippen LogP contribution in [0.4, 0.5) is 15.9 Å². The lowest BCUT2D eigenvalue weighted by molar-refractivity contribution is -0.145. The molecule has 1 atom stereocenters. The summed E-state index contributed by atoms with van der Waals surface area (Å²) in [6.07, 6.45) is 3.20. The van der Waals surface area contributed by atoms with E-state index in [0.717, 1.165) is 18.4 Å². The molecule has 1 aliphatic rings. The number of carbonyl (C=O) groups excluding carboxylic acids is 2. The van der Waals surface area contributed by atoms with E-state index in [-0.39, 0.29) is 5.69 Å². The number of anilines is 2. The lowest BCUT2D eigenvalue weighted by Gasteiger charge is -2.38. The summed E-state index contributed by atoms with van der Waals surface area (Å²) in [6, 6.07) is 7.78. The molecule has 1 N–H and O–H groups in total. The van der Waals surface area contributed by atoms with Crippen LogP contribution in [0.15, 0.2) is 36.5 Å². The third kappa shape index (κ3) is 3.49. The molecule has 3 rings (SSSR count). The van der Waals surface area contributed by atoms with Crippen LogP contribution in [0, 0.1) is 12.7 Å². The van der Waals surface area contributed by atoms with Gasteiger partial charge in [-0.05, 0) is 50.1 Å². The van der Waals surface area contributed by atoms with Gasteiger partial charge in [0.05, 0.1) is 5.69 Å². The highest BCUT2D eigenvalue weighted by atomic mass is 19.1. The molecule has 0 fully saturated rings. The molecule has 2 amide bonds. The van der Waals surface area contributed by atoms with Gasteiger partial charge in [0.25, 0.3) is 17.4 Å². The Labute approximate surface area is 157 Å². The second kappa shape index (κ2) is 7.34. The van der Waals surface area contributed by atoms with Gasteiger partial charge in [-0.1, -0.05) is 19.4 Å². The van der Waals surface area contributed by atoms with Crippen molar-refractivity contribution in [3.63, 3.8) is 0 Å². The number of ether oxygens (including phenoxy) is 1. The first-order valence-corrected chi connectivity index (χ1v) is 8.90. The number of hydrogen-bond acceptors (Lipinski definition) is 4. The number of rotatable bonds is 5. The minimum Gasteiger partial charge on any atom is -0.464 e. The van der Waals surface area contributed by atoms with Crippen LogP contribution in [-0.4, -0.2) is 28.9 Å². The number of aryl methyl sites for hydroxylation is 1. The molecule has 27 heavy (non-hydrogen) atoms. The summed E-state index contributed by atoms with van der Waals surface area (Å²) in [5.74, 6) is -1.09. The predicted molar refractivity (Wildman–Crippen MR) is 100 cm³/mol. The Bertz CT molecular complexity index is 887. The zero-order valence-electron chi connectivity index (χ0n) is 15.6. The van der Waals surface area contributed by atoms with Crippen LogP contribution in [0.25, 0.3) is 0 Å². The second-order valence-electron chi connectivity index (χ2n) is 6.71. The Kier molecular flexibility index (Phi) is 5.12. The van der Waals surface area contributed by atoms with Crippen molar-refractivity contribution in [1.29, 1.82) is 0 Å². The first-order chi connectivity index (χ1) is 12.9. The van der Waals surface area contributed by atoms with Crippen LogP contribution < -0.4 is 15.0 Å². The van der Waals surface area contributed by atoms with Gasteiger partial charge < -0.3 is 10.1 Å². The molecule has 1 aromatic carbocycles. The summed E-state index contributed by atoms with van der Waals surface area (Å²) in [5.41, 5.74) is -1.09. The third-order valence-corrected chi connectivity index (χ3v) is 4.52. The van der Waals surface area contributed by atoms with E-state index in [4.69, 9.17) is 4.74 Å². The Morgan fingerprint density at radius 2 is 2.15 bits per heavy atom. The van der Waals surface area contributed by atoms with Crippen molar-refractivity contribution < 1.29 is 18.7 Å². The monoisotopic (exact) mass is 371 g/mol. The molecule has 0 saturated carbocycles. The maximum atomic E-state index is 14.1. The summed E-state index contributed by atoms with van der Waals surface area (Å²) < 4.78 is 19.9. The van der Waals surface area contributed by atoms with Gasteiger partial charge in [-0.3, -0.25) is 14.5 Å². The van der Waals surface area contributed by atoms with Crippen LogP contribution in [0.5, 0.6) is 5.75 Å². The number of fused-ring (bicyclic) bond motifs is 1. The maximum absolute atomic E-state index is 14.1. The Hall–Kier alpha value is -2.96. The van der Waals surface area contributed by atoms with E-state index in [1.807, 2.05) is 6.92 Å². The molecule has 1 aliphatic heterocycles. The zero-order valence-corrected chi connectivity index (χ0v) is 15.6. The Balaban J connectivity index is 1.93. The summed E-state index contributed by atoms with van der Waals surface area (Å²) >= 11 is 0. The van der Waals surface area contributed by atoms with Gasteiger partial charge >= 0.3 is 0 Å². The van der Waals surface area contributed by atoms with E-state index < -0.39 is 23.2 Å². The Morgan fingerprint density at radius 1 is 1.37 bits per heavy atom. The van der Waals surface area contributed by atoms with E-state index in [1.54, 1.807) is 31.3 Å². The van der Waals surface area contributed by atoms with Crippen molar-refractivity contribution in [2.45, 2.75) is 39.2 Å². The largest absolute Gasteiger partial charge is 0.464 e. The molecule has 0 aliphatic carbocycles. The molecule has 1 aromatic heterocycles. The van der Waals surface area contributed by atoms with E-state index in [0.29, 0.717) is 18.1 Å². The van der Waals surface area contributed by atoms with Crippen molar-refractivity contribution >= 4 is 23.3 Å². The number of halogens is 1. The molecular formula is C20H22FN3O3. The SMILES string of the molecule is CCCCN1C(=O)C(C)(C(=O)Nc2ccc(C)cc2F)Oc2cccnc21. The van der Waals surface area contributed by atoms with E-state index in [1.165, 1.54) is 24.0 Å². The number of unbranched alkanes of at least 4 members (excludes halogenated alkanes) is 1. The van der Waals surface area contributed by atoms with Crippen molar-refractivity contribution in [3.8, 4) is 5.75 Å². The topological polar surface area (TPSA) is 71.5 Å². The number of benzene rings is 1. The number of pyridine rings is 1. The summed E-state index contributed by atoms with van der Waals surface area (Å²) in [7, 11) is 0. The molecule has 0 bridgehead atoms. The summed E-state index contributed by atoms with van der Waals surface area (Å²) in [6.45, 7) is 5.58. The predicted octanol–water partition coefficient (Wildman–Crippen LogP) is 3.45. The highest BCUT2D eigenvalue weighted by Gasteiger charge is 2.51. The third-order valence-electron chi connectivity index (χ3n) is 4.52. The normalized spacial score (nSPS) is 18.7. The minimum absolute atomic E-state index is 0.000293. The van der Waals surface area contributed by atoms with Gasteiger partial charge in [0.1, 0.15) is 5.82 Å². The van der Waals surface area contributed by atoms with Gasteiger partial charge in [0.2, 0.25) is 0 Å². The molecular weight excluding hydrogens is 349 g/mol. The molecule has 6 nitrogen and oxygen atoms in total. The first-order valence-electron chi connectivity index (χ1n) is 8.90. The molecule has 0 spiro atoms. The van der Waals surface area contributed by atoms with Gasteiger partial charge in [-0.2, -0.15) is 0 Å². The zero-order chi connectivity index (χ0) is 19.6. The maximum Gasteiger partial charge on any atom is 0.282 e. The average Bonchev–Trinajstić information content (AvgIpc) is 2.64. The summed E-state index contributed by atoms with van der Waals surface area (Å²) in [4.78, 5) is 31.7. The van der Waals surface area contributed by atoms with Gasteiger partial charge in [-0.25, -0.2) is 9.37 Å². The van der Waals surface area contributed by atoms with Gasteiger partial charge in [-0.15, -0.1) is 0 Å². The van der Waals surface area contributed by atoms with E-state index in [2.05, 4.69) is 10.3 Å². The van der Waals surface area contributed by atoms with Crippen molar-refractivity contribution in [1.82, 2.24) is 4.98 Å². The molecule has 142 valence electrons. The van der Waals surface area contributed by atoms with Crippen molar-refractivity contribution in [2.24, 2.45) is 0 Å². The van der Waals surface area contributed by atoms with Crippen molar-refractivity contribution in [3.05, 3.63) is 47.9 Å². The highest BCUT2D eigenvalue weighted by molar-refractivity contribution is 6.19. The quantitative estimate of drug-likeness (QED) is 0.817. The van der Waals surface area contributed by atoms with Crippen LogP contribution >= 0.6 is 0 Å². The molecule has 0 radical (unpaired) electrons. The number of nitrogens with one attached hydrogen (secondary N) is 1. The van der Waals surface area contributed by atoms with E-state index >= 15 is 0 Å². The lowest BCUT2D eigenvalue weighted by Crippen LogP contribution is -2.61. The molecule has 1 unspecified atom stereocenters. The summed E-state index contributed by atoms with van der Waals surface area (Å²) in [5, 5.41) is 2.48. The number of hydrogen-bond donors (Lipinski definition) is 1. The second-order valence-corrected chi connectivity index (χ2v) is 6.71. The smallest absolute Gasteiger partial charge is 0.282 e. The number of amides is 2. The van der Waals surface area contributed by atoms with Gasteiger partial charge in [0.15, 0.2) is 11.6 Å². The van der Waals surface area contributed by atoms with E-state index in [9.17, 15) is 14.0 Å². The minimum atomic E-state index is -1.82. The molecule has 2 heterocycles. The van der Waals surface area contributed by atoms with Crippen LogP contribution in [-0.2, 0) is 9.59 Å². The molecule has 7 heteroatoms. The van der Waals surface area contributed by atoms with Crippen LogP contribution in [0.2, 0.25) is 0 Å². The first kappa shape index (κ1) is 18.8. The fraction of sp³-hybridized carbons (Fsp3) is 0.350. The molecule has 2 aromatic rings. The number of nitrogens with zero attached hydrogens (tertiary/aromatic N) is 2. The molecule has 0 saturated heterocycles. The number of carbonyl (C=O) groups is 2. The standard InChI is InChI=1S/C20H22FN3O3/c1-4-5-11-24-17-16(7-6-10-22-17)27-20(3,19(24)26)18(25)23-15-9-8-13(2)12-14(15)21/h6-10,12H,4-5,11H2,1-3H3,(H,23,25). The van der Waals surface area contributed by atoms with Crippen molar-refractivity contribution in [2.75, 3.05) is 16.8 Å². The average molecular weight is 371 g/mol. The van der Waals surface area contributed by atoms with Gasteiger partial charge in [0, 0.05) is 12.7 Å².